The van der Waals surface area contributed by atoms with E-state index in [0.717, 1.165) is 66.5 Å². The van der Waals surface area contributed by atoms with E-state index in [9.17, 15) is 0 Å². The molecule has 2 saturated carbocycles. The normalized spacial score (nSPS) is 31.7. The first kappa shape index (κ1) is 63.4. The highest BCUT2D eigenvalue weighted by Gasteiger charge is 2.16. The van der Waals surface area contributed by atoms with Crippen LogP contribution in [-0.4, -0.2) is 25.4 Å². The number of benzene rings is 1. The van der Waals surface area contributed by atoms with Crippen LogP contribution in [0.5, 0.6) is 0 Å². The average Bonchev–Trinajstić information content (AvgIpc) is 3.28. The Morgan fingerprint density at radius 3 is 0.708 bits per heavy atom. The Balaban J connectivity index is 0. The highest BCUT2D eigenvalue weighted by molar-refractivity contribution is 5.19. The first-order valence-electron chi connectivity index (χ1n) is 27.5. The van der Waals surface area contributed by atoms with E-state index in [0.29, 0.717) is 12.2 Å². The number of ether oxygens (including phenoxy) is 2. The Kier molecular flexibility index (Phi) is 37.3. The Morgan fingerprint density at radius 1 is 0.323 bits per heavy atom. The fourth-order valence-electron chi connectivity index (χ4n) is 8.81. The summed E-state index contributed by atoms with van der Waals surface area (Å²) in [7, 11) is 0. The maximum Gasteiger partial charge on any atom is 0.0547 e. The molecule has 2 heteroatoms. The molecular formula is C63H118O2. The van der Waals surface area contributed by atoms with Gasteiger partial charge in [-0.1, -0.05) is 191 Å². The molecule has 8 rings (SSSR count). The van der Waals surface area contributed by atoms with Crippen molar-refractivity contribution in [2.75, 3.05) is 13.2 Å². The summed E-state index contributed by atoms with van der Waals surface area (Å²) >= 11 is 0. The van der Waals surface area contributed by atoms with Gasteiger partial charge >= 0.3 is 0 Å². The largest absolute Gasteiger partial charge is 0.378 e. The quantitative estimate of drug-likeness (QED) is 0.242. The van der Waals surface area contributed by atoms with Gasteiger partial charge in [-0.05, 0) is 185 Å². The molecule has 0 aromatic heterocycles. The Morgan fingerprint density at radius 2 is 0.554 bits per heavy atom. The highest BCUT2D eigenvalue weighted by Crippen LogP contribution is 2.28. The third kappa shape index (κ3) is 37.0. The number of hydrogen-bond donors (Lipinski definition) is 0. The van der Waals surface area contributed by atoms with Crippen molar-refractivity contribution in [2.24, 2.45) is 53.3 Å². The standard InChI is InChI=1S/2C8H16.3C8H14.C8H10.2C7H14O.CH4.H2/c6*1-7-3-5-8(2)6-4-7;2*1-6-3-4-7(2)8-5-6;;/h2*7-8H,3-6H2,1-2H3;3*3,8H,4-6H2,1-2H3;3-6H,1-2H3;2*6-7H,3-5H2,1-2H3;1H4;1H. The molecule has 0 amide bonds. The number of hydrogen-bond acceptors (Lipinski definition) is 2. The van der Waals surface area contributed by atoms with Gasteiger partial charge < -0.3 is 9.47 Å². The number of aryl methyl sites for hydroxylation is 2. The van der Waals surface area contributed by atoms with Crippen molar-refractivity contribution in [3.63, 3.8) is 0 Å². The second kappa shape index (κ2) is 38.2. The van der Waals surface area contributed by atoms with Crippen LogP contribution in [0.25, 0.3) is 0 Å². The maximum atomic E-state index is 5.39. The van der Waals surface area contributed by atoms with Crippen LogP contribution in [0.4, 0.5) is 0 Å². The summed E-state index contributed by atoms with van der Waals surface area (Å²) in [6.45, 7) is 38.0. The molecule has 2 nitrogen and oxygen atoms in total. The molecule has 0 spiro atoms. The molecule has 2 heterocycles. The molecule has 1 aromatic carbocycles. The van der Waals surface area contributed by atoms with Gasteiger partial charge in [-0.25, -0.2) is 0 Å². The second-order valence-electron chi connectivity index (χ2n) is 23.3. The summed E-state index contributed by atoms with van der Waals surface area (Å²) in [4.78, 5) is 0. The minimum absolute atomic E-state index is 0. The van der Waals surface area contributed by atoms with Crippen molar-refractivity contribution in [2.45, 2.75) is 265 Å². The highest BCUT2D eigenvalue weighted by atomic mass is 16.5. The minimum Gasteiger partial charge on any atom is -0.378 e. The van der Waals surface area contributed by atoms with Gasteiger partial charge in [0.2, 0.25) is 0 Å². The van der Waals surface area contributed by atoms with E-state index in [1.54, 1.807) is 16.7 Å². The van der Waals surface area contributed by atoms with Crippen LogP contribution in [0.2, 0.25) is 0 Å². The fourth-order valence-corrected chi connectivity index (χ4v) is 8.81. The van der Waals surface area contributed by atoms with E-state index in [2.05, 4.69) is 153 Å². The van der Waals surface area contributed by atoms with Crippen LogP contribution in [0, 0.1) is 67.1 Å². The zero-order chi connectivity index (χ0) is 47.9. The van der Waals surface area contributed by atoms with Gasteiger partial charge in [0.15, 0.2) is 0 Å². The summed E-state index contributed by atoms with van der Waals surface area (Å²) in [5, 5.41) is 0. The minimum atomic E-state index is 0. The zero-order valence-corrected chi connectivity index (χ0v) is 46.0. The van der Waals surface area contributed by atoms with E-state index < -0.39 is 0 Å². The third-order valence-corrected chi connectivity index (χ3v) is 15.0. The van der Waals surface area contributed by atoms with E-state index in [1.165, 1.54) is 146 Å². The molecule has 0 radical (unpaired) electrons. The second-order valence-corrected chi connectivity index (χ2v) is 23.3. The van der Waals surface area contributed by atoms with Crippen molar-refractivity contribution < 1.29 is 10.9 Å². The molecule has 2 aliphatic heterocycles. The van der Waals surface area contributed by atoms with Crippen LogP contribution in [0.15, 0.2) is 59.2 Å². The van der Waals surface area contributed by atoms with E-state index in [-0.39, 0.29) is 8.85 Å². The summed E-state index contributed by atoms with van der Waals surface area (Å²) in [5.41, 5.74) is 7.42. The van der Waals surface area contributed by atoms with Crippen molar-refractivity contribution in [3.8, 4) is 0 Å². The van der Waals surface area contributed by atoms with Crippen molar-refractivity contribution >= 4 is 0 Å². The smallest absolute Gasteiger partial charge is 0.0547 e. The number of rotatable bonds is 0. The van der Waals surface area contributed by atoms with Gasteiger partial charge in [0.1, 0.15) is 0 Å². The Bertz CT molecular complexity index is 1120. The molecule has 5 aliphatic carbocycles. The lowest BCUT2D eigenvalue weighted by atomic mass is 9.84. The van der Waals surface area contributed by atoms with Gasteiger partial charge in [-0.3, -0.25) is 0 Å². The van der Waals surface area contributed by atoms with Crippen LogP contribution < -0.4 is 0 Å². The predicted octanol–water partition coefficient (Wildman–Crippen LogP) is 20.8. The average molecular weight is 908 g/mol. The van der Waals surface area contributed by atoms with Gasteiger partial charge in [0.25, 0.3) is 0 Å². The van der Waals surface area contributed by atoms with Crippen molar-refractivity contribution in [1.82, 2.24) is 0 Å². The molecule has 7 aliphatic rings. The monoisotopic (exact) mass is 907 g/mol. The summed E-state index contributed by atoms with van der Waals surface area (Å²) < 4.78 is 10.8. The molecule has 382 valence electrons. The molecule has 65 heavy (non-hydrogen) atoms. The van der Waals surface area contributed by atoms with Gasteiger partial charge in [0, 0.05) is 14.6 Å². The summed E-state index contributed by atoms with van der Waals surface area (Å²) in [5.74, 6) is 8.50. The van der Waals surface area contributed by atoms with Crippen LogP contribution in [-0.2, 0) is 9.47 Å². The molecule has 0 N–H and O–H groups in total. The molecule has 2 saturated heterocycles. The molecule has 7 atom stereocenters. The molecule has 1 aromatic rings. The zero-order valence-electron chi connectivity index (χ0n) is 46.0. The van der Waals surface area contributed by atoms with Gasteiger partial charge in [0.05, 0.1) is 12.2 Å². The van der Waals surface area contributed by atoms with Crippen molar-refractivity contribution in [3.05, 3.63) is 70.3 Å². The lowest BCUT2D eigenvalue weighted by Gasteiger charge is -2.23. The van der Waals surface area contributed by atoms with E-state index in [4.69, 9.17) is 9.47 Å². The van der Waals surface area contributed by atoms with Crippen LogP contribution in [0.3, 0.4) is 0 Å². The lowest BCUT2D eigenvalue weighted by Crippen LogP contribution is -2.21. The summed E-state index contributed by atoms with van der Waals surface area (Å²) in [6.07, 6.45) is 37.3. The maximum absolute atomic E-state index is 5.39. The molecule has 7 unspecified atom stereocenters. The Labute approximate surface area is 411 Å². The van der Waals surface area contributed by atoms with E-state index >= 15 is 0 Å². The summed E-state index contributed by atoms with van der Waals surface area (Å²) in [6, 6.07) is 8.48. The number of allylic oxidation sites excluding steroid dienone is 6. The van der Waals surface area contributed by atoms with Crippen LogP contribution >= 0.6 is 0 Å². The topological polar surface area (TPSA) is 18.5 Å². The fraction of sp³-hybridized carbons (Fsp3) is 0.810. The SMILES string of the molecule is C.CC1=CCC(C)CC1.CC1=CCC(C)CC1.CC1=CCC(C)CC1.CC1CCC(C)CC1.CC1CCC(C)CC1.CC1CCC(C)OC1.CC1CCC(C)OC1.Cc1ccc(C)cc1.[HH]. The van der Waals surface area contributed by atoms with E-state index in [1.807, 2.05) is 0 Å². The van der Waals surface area contributed by atoms with Crippen molar-refractivity contribution in [1.29, 1.82) is 0 Å². The predicted molar refractivity (Wildman–Crippen MR) is 296 cm³/mol. The molecular weight excluding hydrogens is 789 g/mol. The first-order chi connectivity index (χ1) is 30.3. The molecule has 0 bridgehead atoms. The first-order valence-corrected chi connectivity index (χ1v) is 27.5. The molecule has 4 fully saturated rings. The van der Waals surface area contributed by atoms with Gasteiger partial charge in [-0.2, -0.15) is 0 Å². The Hall–Kier alpha value is -1.64. The van der Waals surface area contributed by atoms with Crippen LogP contribution in [0.1, 0.15) is 252 Å². The lowest BCUT2D eigenvalue weighted by molar-refractivity contribution is 0.000174. The van der Waals surface area contributed by atoms with Gasteiger partial charge in [-0.15, -0.1) is 0 Å². The third-order valence-electron chi connectivity index (χ3n) is 15.0.